The van der Waals surface area contributed by atoms with Crippen molar-refractivity contribution in [3.8, 4) is 0 Å². The average Bonchev–Trinajstić information content (AvgIpc) is 2.83. The third kappa shape index (κ3) is 4.46. The number of benzene rings is 1. The Labute approximate surface area is 121 Å². The van der Waals surface area contributed by atoms with Gasteiger partial charge in [0.1, 0.15) is 12.2 Å². The lowest BCUT2D eigenvalue weighted by Gasteiger charge is -2.19. The summed E-state index contributed by atoms with van der Waals surface area (Å²) in [4.78, 5) is 4.35. The number of nitrogens with one attached hydrogen (secondary N) is 1. The summed E-state index contributed by atoms with van der Waals surface area (Å²) in [5, 5.41) is 7.70. The van der Waals surface area contributed by atoms with Gasteiger partial charge in [-0.2, -0.15) is 5.10 Å². The van der Waals surface area contributed by atoms with Crippen LogP contribution in [0.2, 0.25) is 0 Å². The van der Waals surface area contributed by atoms with Gasteiger partial charge in [0.05, 0.1) is 0 Å². The SMILES string of the molecule is CC(C)NCC(Cc1ccccc1)Cc1ncnn1C. The van der Waals surface area contributed by atoms with E-state index in [9.17, 15) is 0 Å². The summed E-state index contributed by atoms with van der Waals surface area (Å²) in [5.41, 5.74) is 1.38. The molecule has 1 N–H and O–H groups in total. The Morgan fingerprint density at radius 2 is 1.90 bits per heavy atom. The van der Waals surface area contributed by atoms with E-state index in [4.69, 9.17) is 0 Å². The largest absolute Gasteiger partial charge is 0.314 e. The molecule has 0 fully saturated rings. The van der Waals surface area contributed by atoms with E-state index >= 15 is 0 Å². The van der Waals surface area contributed by atoms with Crippen LogP contribution in [-0.4, -0.2) is 27.4 Å². The molecule has 0 aliphatic heterocycles. The van der Waals surface area contributed by atoms with Gasteiger partial charge in [0, 0.05) is 19.5 Å². The Bertz CT molecular complexity index is 504. The fourth-order valence-electron chi connectivity index (χ4n) is 2.33. The quantitative estimate of drug-likeness (QED) is 0.840. The van der Waals surface area contributed by atoms with Crippen molar-refractivity contribution in [1.82, 2.24) is 20.1 Å². The Kier molecular flexibility index (Phi) is 5.30. The van der Waals surface area contributed by atoms with Gasteiger partial charge in [-0.25, -0.2) is 4.98 Å². The van der Waals surface area contributed by atoms with Crippen molar-refractivity contribution in [3.05, 3.63) is 48.0 Å². The molecular formula is C16H24N4. The fraction of sp³-hybridized carbons (Fsp3) is 0.500. The zero-order valence-corrected chi connectivity index (χ0v) is 12.6. The molecule has 0 aliphatic carbocycles. The molecule has 1 unspecified atom stereocenters. The minimum Gasteiger partial charge on any atom is -0.314 e. The van der Waals surface area contributed by atoms with Gasteiger partial charge in [-0.3, -0.25) is 4.68 Å². The summed E-state index contributed by atoms with van der Waals surface area (Å²) in [7, 11) is 1.96. The van der Waals surface area contributed by atoms with Crippen molar-refractivity contribution in [2.75, 3.05) is 6.54 Å². The summed E-state index contributed by atoms with van der Waals surface area (Å²) >= 11 is 0. The Hall–Kier alpha value is -1.68. The second-order valence-electron chi connectivity index (χ2n) is 5.62. The highest BCUT2D eigenvalue weighted by molar-refractivity contribution is 5.15. The van der Waals surface area contributed by atoms with Gasteiger partial charge in [-0.05, 0) is 24.4 Å². The smallest absolute Gasteiger partial charge is 0.138 e. The van der Waals surface area contributed by atoms with Crippen LogP contribution in [0.3, 0.4) is 0 Å². The minimum absolute atomic E-state index is 0.507. The molecule has 1 aromatic heterocycles. The van der Waals surface area contributed by atoms with Gasteiger partial charge in [-0.15, -0.1) is 0 Å². The molecule has 4 nitrogen and oxygen atoms in total. The highest BCUT2D eigenvalue weighted by Gasteiger charge is 2.14. The van der Waals surface area contributed by atoms with Crippen LogP contribution in [0.4, 0.5) is 0 Å². The van der Waals surface area contributed by atoms with Crippen molar-refractivity contribution in [1.29, 1.82) is 0 Å². The Morgan fingerprint density at radius 3 is 2.50 bits per heavy atom. The molecule has 4 heteroatoms. The van der Waals surface area contributed by atoms with Crippen LogP contribution in [-0.2, 0) is 19.9 Å². The molecular weight excluding hydrogens is 248 g/mol. The first-order valence-corrected chi connectivity index (χ1v) is 7.25. The van der Waals surface area contributed by atoms with Crippen molar-refractivity contribution >= 4 is 0 Å². The third-order valence-corrected chi connectivity index (χ3v) is 3.46. The summed E-state index contributed by atoms with van der Waals surface area (Å²) < 4.78 is 1.87. The molecule has 0 aliphatic rings. The van der Waals surface area contributed by atoms with Crippen LogP contribution in [0.15, 0.2) is 36.7 Å². The highest BCUT2D eigenvalue weighted by Crippen LogP contribution is 2.13. The van der Waals surface area contributed by atoms with Gasteiger partial charge in [-0.1, -0.05) is 44.2 Å². The molecule has 0 spiro atoms. The monoisotopic (exact) mass is 272 g/mol. The molecule has 20 heavy (non-hydrogen) atoms. The van der Waals surface area contributed by atoms with E-state index in [-0.39, 0.29) is 0 Å². The lowest BCUT2D eigenvalue weighted by molar-refractivity contribution is 0.431. The molecule has 1 atom stereocenters. The number of hydrogen-bond donors (Lipinski definition) is 1. The first-order chi connectivity index (χ1) is 9.65. The van der Waals surface area contributed by atoms with Crippen LogP contribution in [0.1, 0.15) is 25.2 Å². The summed E-state index contributed by atoms with van der Waals surface area (Å²) in [6.07, 6.45) is 3.64. The fourth-order valence-corrected chi connectivity index (χ4v) is 2.33. The molecule has 0 saturated carbocycles. The Balaban J connectivity index is 2.02. The van der Waals surface area contributed by atoms with Crippen LogP contribution < -0.4 is 5.32 Å². The van der Waals surface area contributed by atoms with Crippen molar-refractivity contribution < 1.29 is 0 Å². The highest BCUT2D eigenvalue weighted by atomic mass is 15.3. The molecule has 1 heterocycles. The molecule has 2 aromatic rings. The van der Waals surface area contributed by atoms with Crippen LogP contribution in [0.5, 0.6) is 0 Å². The minimum atomic E-state index is 0.507. The van der Waals surface area contributed by atoms with Crippen LogP contribution >= 0.6 is 0 Å². The van der Waals surface area contributed by atoms with Crippen LogP contribution in [0.25, 0.3) is 0 Å². The number of hydrogen-bond acceptors (Lipinski definition) is 3. The first-order valence-electron chi connectivity index (χ1n) is 7.25. The molecule has 0 bridgehead atoms. The maximum absolute atomic E-state index is 4.35. The molecule has 0 saturated heterocycles. The molecule has 0 radical (unpaired) electrons. The summed E-state index contributed by atoms with van der Waals surface area (Å²) in [6, 6.07) is 11.2. The van der Waals surface area contributed by atoms with Crippen molar-refractivity contribution in [2.24, 2.45) is 13.0 Å². The maximum atomic E-state index is 4.35. The lowest BCUT2D eigenvalue weighted by Crippen LogP contribution is -2.31. The number of nitrogens with zero attached hydrogens (tertiary/aromatic N) is 3. The standard InChI is InChI=1S/C16H24N4/c1-13(2)17-11-15(9-14-7-5-4-6-8-14)10-16-18-12-19-20(16)3/h4-8,12-13,15,17H,9-11H2,1-3H3. The Morgan fingerprint density at radius 1 is 1.15 bits per heavy atom. The first kappa shape index (κ1) is 14.7. The zero-order valence-electron chi connectivity index (χ0n) is 12.6. The second-order valence-corrected chi connectivity index (χ2v) is 5.62. The van der Waals surface area contributed by atoms with Crippen LogP contribution in [0, 0.1) is 5.92 Å². The van der Waals surface area contributed by atoms with E-state index < -0.39 is 0 Å². The van der Waals surface area contributed by atoms with Gasteiger partial charge < -0.3 is 5.32 Å². The average molecular weight is 272 g/mol. The lowest BCUT2D eigenvalue weighted by atomic mass is 9.95. The van der Waals surface area contributed by atoms with Crippen molar-refractivity contribution in [3.63, 3.8) is 0 Å². The van der Waals surface area contributed by atoms with E-state index in [1.807, 2.05) is 11.7 Å². The van der Waals surface area contributed by atoms with E-state index in [1.54, 1.807) is 6.33 Å². The molecule has 108 valence electrons. The zero-order chi connectivity index (χ0) is 14.4. The van der Waals surface area contributed by atoms with Gasteiger partial charge in [0.25, 0.3) is 0 Å². The molecule has 2 rings (SSSR count). The van der Waals surface area contributed by atoms with Gasteiger partial charge in [0.15, 0.2) is 0 Å². The normalized spacial score (nSPS) is 12.8. The maximum Gasteiger partial charge on any atom is 0.138 e. The second kappa shape index (κ2) is 7.20. The van der Waals surface area contributed by atoms with E-state index in [0.29, 0.717) is 12.0 Å². The van der Waals surface area contributed by atoms with Gasteiger partial charge in [0.2, 0.25) is 0 Å². The third-order valence-electron chi connectivity index (χ3n) is 3.46. The number of rotatable bonds is 7. The number of aryl methyl sites for hydroxylation is 1. The van der Waals surface area contributed by atoms with Gasteiger partial charge >= 0.3 is 0 Å². The molecule has 0 amide bonds. The molecule has 1 aromatic carbocycles. The van der Waals surface area contributed by atoms with E-state index in [0.717, 1.165) is 25.2 Å². The summed E-state index contributed by atoms with van der Waals surface area (Å²) in [5.74, 6) is 1.58. The number of aromatic nitrogens is 3. The van der Waals surface area contributed by atoms with E-state index in [1.165, 1.54) is 5.56 Å². The van der Waals surface area contributed by atoms with E-state index in [2.05, 4.69) is 59.6 Å². The van der Waals surface area contributed by atoms with Crippen molar-refractivity contribution in [2.45, 2.75) is 32.7 Å². The predicted molar refractivity (Wildman–Crippen MR) is 81.5 cm³/mol. The topological polar surface area (TPSA) is 42.7 Å². The summed E-state index contributed by atoms with van der Waals surface area (Å²) in [6.45, 7) is 5.36. The predicted octanol–water partition coefficient (Wildman–Crippen LogP) is 2.21.